The van der Waals surface area contributed by atoms with Crippen molar-refractivity contribution in [2.75, 3.05) is 20.2 Å². The lowest BCUT2D eigenvalue weighted by atomic mass is 9.94. The van der Waals surface area contributed by atoms with Crippen LogP contribution in [0.1, 0.15) is 30.4 Å². The predicted molar refractivity (Wildman–Crippen MR) is 99.2 cm³/mol. The summed E-state index contributed by atoms with van der Waals surface area (Å²) in [5.41, 5.74) is 2.05. The molecule has 2 aromatic rings. The molecule has 5 nitrogen and oxygen atoms in total. The van der Waals surface area contributed by atoms with Crippen LogP contribution in [0.5, 0.6) is 5.75 Å². The van der Waals surface area contributed by atoms with Gasteiger partial charge in [-0.15, -0.1) is 0 Å². The first-order chi connectivity index (χ1) is 12.3. The van der Waals surface area contributed by atoms with E-state index in [4.69, 9.17) is 4.74 Å². The van der Waals surface area contributed by atoms with Gasteiger partial charge in [0.25, 0.3) is 0 Å². The molecule has 2 aromatic carbocycles. The SMILES string of the molecule is COc1ccc(S(=O)(=O)c2ccc(C3CCN(C(C)=O)C3)c(C)c2)cc1. The smallest absolute Gasteiger partial charge is 0.219 e. The number of methoxy groups -OCH3 is 1. The predicted octanol–water partition coefficient (Wildman–Crippen LogP) is 3.17. The fourth-order valence-electron chi connectivity index (χ4n) is 3.46. The number of rotatable bonds is 4. The van der Waals surface area contributed by atoms with Crippen LogP contribution in [0.4, 0.5) is 0 Å². The van der Waals surface area contributed by atoms with Gasteiger partial charge in [-0.2, -0.15) is 0 Å². The number of benzene rings is 2. The van der Waals surface area contributed by atoms with E-state index in [2.05, 4.69) is 0 Å². The Balaban J connectivity index is 1.88. The fourth-order valence-corrected chi connectivity index (χ4v) is 4.81. The first-order valence-electron chi connectivity index (χ1n) is 8.58. The van der Waals surface area contributed by atoms with Gasteiger partial charge < -0.3 is 9.64 Å². The Kier molecular flexibility index (Phi) is 5.05. The van der Waals surface area contributed by atoms with Gasteiger partial charge in [-0.05, 0) is 60.9 Å². The zero-order valence-corrected chi connectivity index (χ0v) is 16.0. The van der Waals surface area contributed by atoms with Gasteiger partial charge in [-0.3, -0.25) is 4.79 Å². The Labute approximate surface area is 154 Å². The topological polar surface area (TPSA) is 63.7 Å². The molecule has 3 rings (SSSR count). The summed E-state index contributed by atoms with van der Waals surface area (Å²) in [6.45, 7) is 4.96. The maximum atomic E-state index is 12.9. The molecule has 1 unspecified atom stereocenters. The Bertz CT molecular complexity index is 919. The first kappa shape index (κ1) is 18.5. The van der Waals surface area contributed by atoms with Crippen LogP contribution in [0.25, 0.3) is 0 Å². The van der Waals surface area contributed by atoms with Crippen LogP contribution in [-0.4, -0.2) is 39.4 Å². The van der Waals surface area contributed by atoms with E-state index < -0.39 is 9.84 Å². The second-order valence-electron chi connectivity index (χ2n) is 6.65. The van der Waals surface area contributed by atoms with E-state index in [1.54, 1.807) is 50.4 Å². The van der Waals surface area contributed by atoms with Crippen molar-refractivity contribution in [3.63, 3.8) is 0 Å². The molecule has 1 amide bonds. The molecule has 26 heavy (non-hydrogen) atoms. The molecule has 0 spiro atoms. The highest BCUT2D eigenvalue weighted by molar-refractivity contribution is 7.91. The third-order valence-electron chi connectivity index (χ3n) is 4.99. The molecule has 0 N–H and O–H groups in total. The number of likely N-dealkylation sites (tertiary alicyclic amines) is 1. The van der Waals surface area contributed by atoms with Crippen molar-refractivity contribution in [3.8, 4) is 5.75 Å². The molecule has 1 heterocycles. The molecule has 0 aromatic heterocycles. The molecule has 1 aliphatic heterocycles. The number of amides is 1. The Morgan fingerprint density at radius 3 is 2.31 bits per heavy atom. The summed E-state index contributed by atoms with van der Waals surface area (Å²) >= 11 is 0. The monoisotopic (exact) mass is 373 g/mol. The minimum Gasteiger partial charge on any atom is -0.497 e. The molecule has 1 aliphatic rings. The molecular formula is C20H23NO4S. The maximum absolute atomic E-state index is 12.9. The number of carbonyl (C=O) groups excluding carboxylic acids is 1. The van der Waals surface area contributed by atoms with Crippen molar-refractivity contribution in [1.82, 2.24) is 4.90 Å². The molecule has 1 atom stereocenters. The molecule has 1 fully saturated rings. The molecule has 0 radical (unpaired) electrons. The van der Waals surface area contributed by atoms with Crippen LogP contribution in [0, 0.1) is 6.92 Å². The minimum atomic E-state index is -3.57. The lowest BCUT2D eigenvalue weighted by molar-refractivity contribution is -0.127. The van der Waals surface area contributed by atoms with E-state index in [1.165, 1.54) is 0 Å². The summed E-state index contributed by atoms with van der Waals surface area (Å²) in [7, 11) is -2.03. The van der Waals surface area contributed by atoms with Gasteiger partial charge in [0.15, 0.2) is 0 Å². The van der Waals surface area contributed by atoms with E-state index in [-0.39, 0.29) is 21.6 Å². The standard InChI is InChI=1S/C20H23NO4S/c1-14-12-19(26(23,24)18-6-4-17(25-3)5-7-18)8-9-20(14)16-10-11-21(13-16)15(2)22/h4-9,12,16H,10-11,13H2,1-3H3. The van der Waals surface area contributed by atoms with Crippen LogP contribution < -0.4 is 4.74 Å². The molecule has 0 saturated carbocycles. The summed E-state index contributed by atoms with van der Waals surface area (Å²) in [6, 6.07) is 11.7. The summed E-state index contributed by atoms with van der Waals surface area (Å²) < 4.78 is 30.8. The van der Waals surface area contributed by atoms with Gasteiger partial charge in [0.1, 0.15) is 5.75 Å². The van der Waals surface area contributed by atoms with Gasteiger partial charge in [0.2, 0.25) is 15.7 Å². The zero-order valence-electron chi connectivity index (χ0n) is 15.2. The van der Waals surface area contributed by atoms with Gasteiger partial charge >= 0.3 is 0 Å². The second kappa shape index (κ2) is 7.11. The quantitative estimate of drug-likeness (QED) is 0.826. The highest BCUT2D eigenvalue weighted by Crippen LogP contribution is 2.32. The fraction of sp³-hybridized carbons (Fsp3) is 0.350. The van der Waals surface area contributed by atoms with Crippen LogP contribution in [0.3, 0.4) is 0 Å². The largest absolute Gasteiger partial charge is 0.497 e. The van der Waals surface area contributed by atoms with Gasteiger partial charge in [0.05, 0.1) is 16.9 Å². The average Bonchev–Trinajstić information content (AvgIpc) is 3.11. The number of hydrogen-bond donors (Lipinski definition) is 0. The Hall–Kier alpha value is -2.34. The van der Waals surface area contributed by atoms with Crippen LogP contribution in [0.15, 0.2) is 52.3 Å². The minimum absolute atomic E-state index is 0.0869. The van der Waals surface area contributed by atoms with E-state index >= 15 is 0 Å². The third-order valence-corrected chi connectivity index (χ3v) is 6.76. The van der Waals surface area contributed by atoms with Gasteiger partial charge in [-0.25, -0.2) is 8.42 Å². The highest BCUT2D eigenvalue weighted by atomic mass is 32.2. The van der Waals surface area contributed by atoms with E-state index in [0.29, 0.717) is 12.3 Å². The van der Waals surface area contributed by atoms with Crippen molar-refractivity contribution >= 4 is 15.7 Å². The number of sulfone groups is 1. The molecular weight excluding hydrogens is 350 g/mol. The molecule has 0 aliphatic carbocycles. The Morgan fingerprint density at radius 2 is 1.77 bits per heavy atom. The third kappa shape index (κ3) is 3.46. The normalized spacial score (nSPS) is 17.3. The lowest BCUT2D eigenvalue weighted by Crippen LogP contribution is -2.25. The van der Waals surface area contributed by atoms with E-state index in [9.17, 15) is 13.2 Å². The summed E-state index contributed by atoms with van der Waals surface area (Å²) in [6.07, 6.45) is 0.908. The zero-order chi connectivity index (χ0) is 18.9. The Morgan fingerprint density at radius 1 is 1.12 bits per heavy atom. The highest BCUT2D eigenvalue weighted by Gasteiger charge is 2.27. The lowest BCUT2D eigenvalue weighted by Gasteiger charge is -2.16. The number of carbonyl (C=O) groups is 1. The summed E-state index contributed by atoms with van der Waals surface area (Å²) in [5.74, 6) is 0.965. The van der Waals surface area contributed by atoms with Crippen molar-refractivity contribution < 1.29 is 17.9 Å². The van der Waals surface area contributed by atoms with E-state index in [0.717, 1.165) is 24.1 Å². The molecule has 0 bridgehead atoms. The second-order valence-corrected chi connectivity index (χ2v) is 8.60. The van der Waals surface area contributed by atoms with Crippen molar-refractivity contribution in [2.45, 2.75) is 36.0 Å². The number of hydrogen-bond acceptors (Lipinski definition) is 4. The number of nitrogens with zero attached hydrogens (tertiary/aromatic N) is 1. The van der Waals surface area contributed by atoms with Crippen LogP contribution in [0.2, 0.25) is 0 Å². The number of aryl methyl sites for hydroxylation is 1. The van der Waals surface area contributed by atoms with Crippen LogP contribution in [-0.2, 0) is 14.6 Å². The maximum Gasteiger partial charge on any atom is 0.219 e. The van der Waals surface area contributed by atoms with E-state index in [1.807, 2.05) is 17.9 Å². The molecule has 138 valence electrons. The average molecular weight is 373 g/mol. The summed E-state index contributed by atoms with van der Waals surface area (Å²) in [4.78, 5) is 13.9. The van der Waals surface area contributed by atoms with Crippen LogP contribution >= 0.6 is 0 Å². The van der Waals surface area contributed by atoms with Crippen molar-refractivity contribution in [2.24, 2.45) is 0 Å². The van der Waals surface area contributed by atoms with Crippen molar-refractivity contribution in [3.05, 3.63) is 53.6 Å². The first-order valence-corrected chi connectivity index (χ1v) is 10.1. The molecule has 1 saturated heterocycles. The summed E-state index contributed by atoms with van der Waals surface area (Å²) in [5, 5.41) is 0. The van der Waals surface area contributed by atoms with Crippen molar-refractivity contribution in [1.29, 1.82) is 0 Å². The number of ether oxygens (including phenoxy) is 1. The van der Waals surface area contributed by atoms with Gasteiger partial charge in [0, 0.05) is 25.9 Å². The van der Waals surface area contributed by atoms with Gasteiger partial charge in [-0.1, -0.05) is 6.07 Å². The molecule has 6 heteroatoms.